The first-order chi connectivity index (χ1) is 14.7. The van der Waals surface area contributed by atoms with Gasteiger partial charge < -0.3 is 15.1 Å². The minimum atomic E-state index is -0.518. The predicted octanol–water partition coefficient (Wildman–Crippen LogP) is 4.74. The molecule has 168 valence electrons. The number of benzene rings is 2. The average molecular weight is 465 g/mol. The van der Waals surface area contributed by atoms with Gasteiger partial charge in [-0.25, -0.2) is 0 Å². The van der Waals surface area contributed by atoms with Crippen molar-refractivity contribution in [3.05, 3.63) is 62.6 Å². The van der Waals surface area contributed by atoms with Gasteiger partial charge >= 0.3 is 0 Å². The van der Waals surface area contributed by atoms with Crippen LogP contribution in [0.3, 0.4) is 0 Å². The summed E-state index contributed by atoms with van der Waals surface area (Å²) in [5.74, 6) is 0.509. The van der Waals surface area contributed by atoms with E-state index in [1.807, 2.05) is 25.1 Å². The Morgan fingerprint density at radius 3 is 2.29 bits per heavy atom. The molecule has 0 saturated carbocycles. The second-order valence-electron chi connectivity index (χ2n) is 8.75. The van der Waals surface area contributed by atoms with E-state index in [0.29, 0.717) is 5.92 Å². The number of carboxylic acid groups (broad SMARTS) is 1. The maximum Gasteiger partial charge on any atom is 0.290 e. The van der Waals surface area contributed by atoms with Gasteiger partial charge in [0.15, 0.2) is 0 Å². The number of hydrogen-bond acceptors (Lipinski definition) is 4. The van der Waals surface area contributed by atoms with Crippen molar-refractivity contribution in [3.63, 3.8) is 0 Å². The molecule has 0 radical (unpaired) electrons. The molecule has 2 aliphatic rings. The average Bonchev–Trinajstić information content (AvgIpc) is 2.63. The molecule has 0 atom stereocenters. The monoisotopic (exact) mass is 464 g/mol. The lowest BCUT2D eigenvalue weighted by molar-refractivity contribution is -0.122. The number of halogens is 2. The first-order valence-electron chi connectivity index (χ1n) is 10.5. The number of carbonyl (C=O) groups is 1. The summed E-state index contributed by atoms with van der Waals surface area (Å²) in [6.07, 6.45) is 1.03. The molecule has 0 bridgehead atoms. The fourth-order valence-corrected chi connectivity index (χ4v) is 5.25. The van der Waals surface area contributed by atoms with Gasteiger partial charge in [-0.05, 0) is 54.7 Å². The molecule has 2 aromatic carbocycles. The summed E-state index contributed by atoms with van der Waals surface area (Å²) in [5.41, 5.74) is 6.05. The molecule has 0 aliphatic carbocycles. The van der Waals surface area contributed by atoms with E-state index in [0.717, 1.165) is 54.9 Å². The summed E-state index contributed by atoms with van der Waals surface area (Å²) in [5, 5.41) is 18.3. The number of β-amino-alcohol motifs (C(OH)–C–C–N with tert-alkyl or cyclic N) is 1. The number of aliphatic hydroxyl groups is 1. The highest BCUT2D eigenvalue weighted by molar-refractivity contribution is 6.39. The third-order valence-electron chi connectivity index (χ3n) is 6.09. The number of para-hydroxylation sites is 1. The molecular weight excluding hydrogens is 435 g/mol. The quantitative estimate of drug-likeness (QED) is 0.625. The zero-order chi connectivity index (χ0) is 22.8. The minimum absolute atomic E-state index is 0.250. The lowest BCUT2D eigenvalue weighted by Gasteiger charge is -2.45. The van der Waals surface area contributed by atoms with Crippen LogP contribution in [0.5, 0.6) is 0 Å². The summed E-state index contributed by atoms with van der Waals surface area (Å²) >= 11 is 12.7. The normalized spacial score (nSPS) is 17.9. The van der Waals surface area contributed by atoms with Gasteiger partial charge in [0.2, 0.25) is 0 Å². The van der Waals surface area contributed by atoms with Gasteiger partial charge in [-0.2, -0.15) is 0 Å². The third kappa shape index (κ3) is 5.35. The number of nitrogens with zero attached hydrogens (tertiary/aromatic N) is 2. The van der Waals surface area contributed by atoms with Gasteiger partial charge in [0.1, 0.15) is 0 Å². The predicted molar refractivity (Wildman–Crippen MR) is 127 cm³/mol. The van der Waals surface area contributed by atoms with Crippen molar-refractivity contribution in [1.82, 2.24) is 4.90 Å². The maximum atomic E-state index is 10.0. The molecule has 7 heteroatoms. The molecule has 31 heavy (non-hydrogen) atoms. The van der Waals surface area contributed by atoms with Crippen LogP contribution in [0.4, 0.5) is 5.69 Å². The van der Waals surface area contributed by atoms with Gasteiger partial charge in [0.05, 0.1) is 21.3 Å². The Kier molecular flexibility index (Phi) is 7.53. The van der Waals surface area contributed by atoms with Gasteiger partial charge in [-0.3, -0.25) is 9.69 Å². The van der Waals surface area contributed by atoms with Crippen molar-refractivity contribution in [2.24, 2.45) is 0 Å². The molecule has 0 spiro atoms. The Bertz CT molecular complexity index is 914. The molecule has 2 heterocycles. The van der Waals surface area contributed by atoms with Gasteiger partial charge in [0, 0.05) is 38.6 Å². The largest absolute Gasteiger partial charge is 0.483 e. The molecule has 5 nitrogen and oxygen atoms in total. The summed E-state index contributed by atoms with van der Waals surface area (Å²) in [6.45, 7) is 10.4. The number of hydrogen-bond donors (Lipinski definition) is 2. The van der Waals surface area contributed by atoms with Crippen LogP contribution < -0.4 is 4.90 Å². The van der Waals surface area contributed by atoms with E-state index in [2.05, 4.69) is 35.8 Å². The zero-order valence-electron chi connectivity index (χ0n) is 18.2. The zero-order valence-corrected chi connectivity index (χ0v) is 19.7. The molecule has 2 N–H and O–H groups in total. The smallest absolute Gasteiger partial charge is 0.290 e. The van der Waals surface area contributed by atoms with Crippen LogP contribution in [0.2, 0.25) is 10.0 Å². The lowest BCUT2D eigenvalue weighted by atomic mass is 9.85. The highest BCUT2D eigenvalue weighted by atomic mass is 35.5. The van der Waals surface area contributed by atoms with E-state index in [9.17, 15) is 5.11 Å². The van der Waals surface area contributed by atoms with Crippen LogP contribution in [-0.4, -0.2) is 53.4 Å². The standard InChI is InChI=1S/C23H28Cl2N2O.CH2O2/c1-4-16-9-17(8-15(2)19(16)12-26-13-23(3,28)14-26)18-10-27(11-18)22-20(24)6-5-7-21(22)25;2-1-3/h5-9,18,28H,4,10-14H2,1-3H3;1H,(H,2,3). The summed E-state index contributed by atoms with van der Waals surface area (Å²) < 4.78 is 0. The molecule has 2 saturated heterocycles. The minimum Gasteiger partial charge on any atom is -0.483 e. The van der Waals surface area contributed by atoms with E-state index >= 15 is 0 Å². The summed E-state index contributed by atoms with van der Waals surface area (Å²) in [4.78, 5) is 13.0. The molecule has 0 unspecified atom stereocenters. The Morgan fingerprint density at radius 1 is 1.19 bits per heavy atom. The van der Waals surface area contributed by atoms with E-state index in [-0.39, 0.29) is 6.47 Å². The highest BCUT2D eigenvalue weighted by Crippen LogP contribution is 2.40. The van der Waals surface area contributed by atoms with Crippen LogP contribution in [0.25, 0.3) is 0 Å². The maximum absolute atomic E-state index is 10.0. The Hall–Kier alpha value is -1.79. The summed E-state index contributed by atoms with van der Waals surface area (Å²) in [6, 6.07) is 10.4. The molecule has 4 rings (SSSR count). The van der Waals surface area contributed by atoms with Crippen molar-refractivity contribution in [3.8, 4) is 0 Å². The van der Waals surface area contributed by atoms with Crippen molar-refractivity contribution in [1.29, 1.82) is 0 Å². The van der Waals surface area contributed by atoms with Crippen molar-refractivity contribution in [2.75, 3.05) is 31.1 Å². The number of likely N-dealkylation sites (tertiary alicyclic amines) is 1. The van der Waals surface area contributed by atoms with Crippen LogP contribution in [0.15, 0.2) is 30.3 Å². The molecule has 0 aromatic heterocycles. The van der Waals surface area contributed by atoms with Gasteiger partial charge in [-0.15, -0.1) is 0 Å². The SMILES string of the molecule is CCc1cc(C2CN(c3c(Cl)cccc3Cl)C2)cc(C)c1CN1CC(C)(O)C1.O=CO. The molecule has 2 fully saturated rings. The highest BCUT2D eigenvalue weighted by Gasteiger charge is 2.37. The molecular formula is C24H30Cl2N2O3. The Labute approximate surface area is 194 Å². The van der Waals surface area contributed by atoms with Crippen molar-refractivity contribution in [2.45, 2.75) is 45.3 Å². The third-order valence-corrected chi connectivity index (χ3v) is 6.70. The fraction of sp³-hybridized carbons (Fsp3) is 0.458. The van der Waals surface area contributed by atoms with Crippen LogP contribution >= 0.6 is 23.2 Å². The van der Waals surface area contributed by atoms with Crippen LogP contribution in [0.1, 0.15) is 42.0 Å². The fourth-order valence-electron chi connectivity index (χ4n) is 4.61. The van der Waals surface area contributed by atoms with Gasteiger partial charge in [-0.1, -0.05) is 48.3 Å². The molecule has 0 amide bonds. The second-order valence-corrected chi connectivity index (χ2v) is 9.56. The van der Waals surface area contributed by atoms with Crippen LogP contribution in [0, 0.1) is 6.92 Å². The Morgan fingerprint density at radius 2 is 1.77 bits per heavy atom. The first kappa shape index (κ1) is 23.9. The Balaban J connectivity index is 0.000000858. The number of anilines is 1. The topological polar surface area (TPSA) is 64.0 Å². The van der Waals surface area contributed by atoms with E-state index in [4.69, 9.17) is 33.1 Å². The lowest BCUT2D eigenvalue weighted by Crippen LogP contribution is -2.59. The van der Waals surface area contributed by atoms with E-state index in [1.54, 1.807) is 0 Å². The van der Waals surface area contributed by atoms with Crippen LogP contribution in [-0.2, 0) is 17.8 Å². The van der Waals surface area contributed by atoms with E-state index < -0.39 is 5.60 Å². The molecule has 2 aromatic rings. The summed E-state index contributed by atoms with van der Waals surface area (Å²) in [7, 11) is 0. The van der Waals surface area contributed by atoms with Crippen molar-refractivity contribution >= 4 is 35.4 Å². The molecule has 2 aliphatic heterocycles. The van der Waals surface area contributed by atoms with Crippen molar-refractivity contribution < 1.29 is 15.0 Å². The first-order valence-corrected chi connectivity index (χ1v) is 11.3. The number of rotatable bonds is 5. The number of aryl methyl sites for hydroxylation is 2. The van der Waals surface area contributed by atoms with Gasteiger partial charge in [0.25, 0.3) is 6.47 Å². The van der Waals surface area contributed by atoms with E-state index in [1.165, 1.54) is 22.3 Å². The second kappa shape index (κ2) is 9.78.